The van der Waals surface area contributed by atoms with Crippen molar-refractivity contribution in [1.29, 1.82) is 0 Å². The molecule has 0 fully saturated rings. The van der Waals surface area contributed by atoms with Crippen LogP contribution in [0.1, 0.15) is 249 Å². The van der Waals surface area contributed by atoms with Crippen LogP contribution in [-0.2, 0) is 84.9 Å². The van der Waals surface area contributed by atoms with Gasteiger partial charge in [0.15, 0.2) is 0 Å². The zero-order valence-corrected chi connectivity index (χ0v) is 73.5. The second-order valence-electron chi connectivity index (χ2n) is 27.4. The highest BCUT2D eigenvalue weighted by atomic mass is 28.3. The van der Waals surface area contributed by atoms with Crippen LogP contribution < -0.4 is 0 Å². The van der Waals surface area contributed by atoms with Gasteiger partial charge < -0.3 is 33.6 Å². The molecule has 0 amide bonds. The van der Waals surface area contributed by atoms with Gasteiger partial charge in [-0.15, -0.1) is 6.58 Å². The molecule has 107 heavy (non-hydrogen) atoms. The number of carbonyl (C=O) groups is 6. The van der Waals surface area contributed by atoms with E-state index in [9.17, 15) is 28.8 Å². The summed E-state index contributed by atoms with van der Waals surface area (Å²) in [5.41, 5.74) is 12.5. The Hall–Kier alpha value is -8.00. The van der Waals surface area contributed by atoms with Crippen LogP contribution >= 0.6 is 0 Å². The molecule has 0 aromatic heterocycles. The molecule has 0 aliphatic heterocycles. The summed E-state index contributed by atoms with van der Waals surface area (Å²) < 4.78 is 23.9. The summed E-state index contributed by atoms with van der Waals surface area (Å²) in [6.07, 6.45) is 12.5. The van der Waals surface area contributed by atoms with E-state index in [0.29, 0.717) is 39.0 Å². The van der Waals surface area contributed by atoms with Crippen molar-refractivity contribution in [2.45, 2.75) is 269 Å². The molecule has 0 saturated heterocycles. The van der Waals surface area contributed by atoms with Crippen LogP contribution in [0.2, 0.25) is 25.7 Å². The second-order valence-corrected chi connectivity index (χ2v) is 32.9. The number of Topliss-reactive ketones (excluding diaryl/α,β-unsaturated/α-hetero) is 1. The van der Waals surface area contributed by atoms with Crippen LogP contribution in [-0.4, -0.2) is 75.2 Å². The molecule has 0 saturated carbocycles. The summed E-state index contributed by atoms with van der Waals surface area (Å²) in [6.45, 7) is 64.9. The maximum atomic E-state index is 11.0. The van der Waals surface area contributed by atoms with Crippen molar-refractivity contribution in [3.63, 3.8) is 0 Å². The van der Waals surface area contributed by atoms with E-state index in [1.807, 2.05) is 133 Å². The minimum absolute atomic E-state index is 0.143. The van der Waals surface area contributed by atoms with Crippen LogP contribution in [0.15, 0.2) is 183 Å². The first-order chi connectivity index (χ1) is 50.5. The molecular formula is C94H152O12Si. The number of esters is 5. The van der Waals surface area contributed by atoms with Gasteiger partial charge in [0, 0.05) is 48.6 Å². The van der Waals surface area contributed by atoms with Crippen molar-refractivity contribution in [3.05, 3.63) is 228 Å². The Kier molecular flexibility index (Phi) is 81.5. The number of aliphatic hydroxyl groups is 1. The zero-order chi connectivity index (χ0) is 83.6. The fraction of sp³-hybridized carbons (Fsp3) is 0.511. The topological polar surface area (TPSA) is 169 Å². The number of unbranched alkanes of at least 4 members (excludes halogenated alkanes) is 1. The first-order valence-electron chi connectivity index (χ1n) is 38.9. The maximum absolute atomic E-state index is 11.0. The lowest BCUT2D eigenvalue weighted by Crippen LogP contribution is -2.21. The van der Waals surface area contributed by atoms with Crippen LogP contribution in [0.3, 0.4) is 0 Å². The quantitative estimate of drug-likeness (QED) is 0.0238. The van der Waals surface area contributed by atoms with Gasteiger partial charge in [0.2, 0.25) is 0 Å². The maximum Gasteiger partial charge on any atom is 0.302 e. The Morgan fingerprint density at radius 3 is 1.07 bits per heavy atom. The summed E-state index contributed by atoms with van der Waals surface area (Å²) in [5.74, 6) is 2.23. The average molecular weight is 1500 g/mol. The van der Waals surface area contributed by atoms with Crippen LogP contribution in [0.5, 0.6) is 0 Å². The van der Waals surface area contributed by atoms with Crippen molar-refractivity contribution in [1.82, 2.24) is 0 Å². The van der Waals surface area contributed by atoms with Crippen molar-refractivity contribution in [3.8, 4) is 11.1 Å². The lowest BCUT2D eigenvalue weighted by molar-refractivity contribution is -0.143. The largest absolute Gasteiger partial charge is 0.466 e. The molecule has 0 unspecified atom stereocenters. The molecule has 7 rings (SSSR count). The number of allylic oxidation sites excluding steroid dienone is 1. The number of aryl methyl sites for hydroxylation is 4. The van der Waals surface area contributed by atoms with E-state index in [0.717, 1.165) is 67.4 Å². The summed E-state index contributed by atoms with van der Waals surface area (Å²) in [5, 5.41) is 8.70. The average Bonchev–Trinajstić information content (AvgIpc) is 1.62. The van der Waals surface area contributed by atoms with Crippen molar-refractivity contribution in [2.24, 2.45) is 23.7 Å². The first kappa shape index (κ1) is 112. The highest BCUT2D eigenvalue weighted by molar-refractivity contribution is 6.76. The highest BCUT2D eigenvalue weighted by Crippen LogP contribution is 2.44. The number of benzene rings is 6. The highest BCUT2D eigenvalue weighted by Gasteiger charge is 2.28. The normalized spacial score (nSPS) is 9.77. The second kappa shape index (κ2) is 77.6. The van der Waals surface area contributed by atoms with E-state index >= 15 is 0 Å². The van der Waals surface area contributed by atoms with E-state index in [2.05, 4.69) is 198 Å². The Balaban J connectivity index is -0.000000207. The first-order valence-corrected chi connectivity index (χ1v) is 42.6. The number of aliphatic hydroxyl groups excluding tert-OH is 1. The van der Waals surface area contributed by atoms with E-state index < -0.39 is 8.07 Å². The Bertz CT molecular complexity index is 2980. The van der Waals surface area contributed by atoms with Crippen molar-refractivity contribution in [2.75, 3.05) is 26.4 Å². The van der Waals surface area contributed by atoms with Gasteiger partial charge >= 0.3 is 29.8 Å². The molecule has 6 aromatic carbocycles. The minimum Gasteiger partial charge on any atom is -0.466 e. The number of rotatable bonds is 21. The van der Waals surface area contributed by atoms with E-state index in [1.54, 1.807) is 0 Å². The lowest BCUT2D eigenvalue weighted by Gasteiger charge is -2.17. The predicted molar refractivity (Wildman–Crippen MR) is 462 cm³/mol. The van der Waals surface area contributed by atoms with Gasteiger partial charge in [-0.3, -0.25) is 24.0 Å². The summed E-state index contributed by atoms with van der Waals surface area (Å²) in [4.78, 5) is 61.2. The minimum atomic E-state index is -0.720. The summed E-state index contributed by atoms with van der Waals surface area (Å²) >= 11 is 0. The summed E-state index contributed by atoms with van der Waals surface area (Å²) in [7, 11) is -0.720. The fourth-order valence-electron chi connectivity index (χ4n) is 8.37. The van der Waals surface area contributed by atoms with Gasteiger partial charge in [0.25, 0.3) is 0 Å². The van der Waals surface area contributed by atoms with Gasteiger partial charge in [-0.05, 0) is 133 Å². The molecule has 0 radical (unpaired) electrons. The Labute approximate surface area is 655 Å². The number of hydrogen-bond donors (Lipinski definition) is 1. The van der Waals surface area contributed by atoms with Crippen LogP contribution in [0.4, 0.5) is 0 Å². The van der Waals surface area contributed by atoms with Crippen LogP contribution in [0.25, 0.3) is 11.1 Å². The number of ether oxygens (including phenoxy) is 5. The van der Waals surface area contributed by atoms with E-state index in [-0.39, 0.29) is 48.2 Å². The molecule has 1 aliphatic carbocycles. The molecule has 6 aromatic rings. The molecule has 12 nitrogen and oxygen atoms in total. The smallest absolute Gasteiger partial charge is 0.302 e. The molecule has 1 aliphatic rings. The Morgan fingerprint density at radius 1 is 0.439 bits per heavy atom. The number of fused-ring (bicyclic) bond motifs is 3. The van der Waals surface area contributed by atoms with Gasteiger partial charge in [-0.2, -0.15) is 0 Å². The molecule has 13 heteroatoms. The molecule has 0 spiro atoms. The van der Waals surface area contributed by atoms with Gasteiger partial charge in [0.05, 0.1) is 19.8 Å². The monoisotopic (exact) mass is 1500 g/mol. The van der Waals surface area contributed by atoms with Crippen LogP contribution in [0, 0.1) is 30.6 Å². The number of ketones is 1. The third kappa shape index (κ3) is 81.9. The van der Waals surface area contributed by atoms with Gasteiger partial charge in [-0.25, -0.2) is 0 Å². The lowest BCUT2D eigenvalue weighted by atomic mass is 9.98. The molecule has 1 N–H and O–H groups in total. The zero-order valence-electron chi connectivity index (χ0n) is 72.5. The van der Waals surface area contributed by atoms with E-state index in [4.69, 9.17) is 19.3 Å². The third-order valence-corrected chi connectivity index (χ3v) is 15.8. The van der Waals surface area contributed by atoms with Gasteiger partial charge in [0.1, 0.15) is 25.6 Å². The number of carbonyl (C=O) groups excluding carboxylic acids is 6. The van der Waals surface area contributed by atoms with Gasteiger partial charge in [-0.1, -0.05) is 338 Å². The third-order valence-electron chi connectivity index (χ3n) is 13.7. The molecular weight excluding hydrogens is 1350 g/mol. The standard InChI is InChI=1S/C16H14O2.C9H10O2.C9H18O2.C9H12O.C9H12.C8H10.C7H18Si.C6H12O2.C5H8O2.C5H12.C4H8.C3H6O.2C2H6/c1-11(17)18-10-16-14-8-4-2-6-12(14)13-7-3-5-9-15(13)16;1-8(10)11-7-9-5-3-2-4-6-9;1-8(2)6-4-5-7-11-9(3)10;1-2-8-3-5-9(7-10)6-4-8;1-3-9-6-4-8(2)5-7-9;1-2-8-6-4-3-5-7-8;1-7(2)6-8(3,4)5;1-5(2)4-8-6(3)7;1-3-4-7-5(2)6;1-4-5(2)3;1-3-4-2;1-3(2)4;2*1-2/h2-9,16H,10H2,1H3;2-6H,7H2,1H3;8H,4-7H2,1-3H3;3-6,10H,2,7H2,1H3;4-7H,3H2,1-2H3;3-7H,2H2,1H3;7H,6H2,1-5H3;5H,4H2,1-3H3;3H,1,4H2,2H3;5H,4H2,1-3H3;3H,1,4H2,2H3;1-2H3;2*1-2H3. The predicted octanol–water partition coefficient (Wildman–Crippen LogP) is 25.2. The molecule has 0 heterocycles. The number of hydrogen-bond acceptors (Lipinski definition) is 12. The fourth-order valence-corrected chi connectivity index (χ4v) is 10.8. The SMILES string of the molecule is C=CCC.C=CCOC(C)=O.CC.CC.CC(=O)OCC(C)C.CC(=O)OCC1c2ccccc2-c2ccccc21.CC(=O)OCCCCC(C)C.CC(=O)OCc1ccccc1.CC(C)=O.CC(C)C[Si](C)(C)C.CCC(C)C.CCc1ccc(C)cc1.CCc1ccc(CO)cc1.CCc1ccccc1. The summed E-state index contributed by atoms with van der Waals surface area (Å²) in [6, 6.07) is 54.8. The molecule has 0 bridgehead atoms. The Morgan fingerprint density at radius 2 is 0.794 bits per heavy atom. The molecule has 604 valence electrons. The van der Waals surface area contributed by atoms with Crippen molar-refractivity contribution < 1.29 is 57.6 Å². The van der Waals surface area contributed by atoms with E-state index in [1.165, 1.54) is 118 Å². The molecule has 0 atom stereocenters. The van der Waals surface area contributed by atoms with Crippen molar-refractivity contribution >= 4 is 43.7 Å².